The molecule has 8 nitrogen and oxygen atoms in total. The van der Waals surface area contributed by atoms with Gasteiger partial charge in [-0.05, 0) is 49.9 Å². The van der Waals surface area contributed by atoms with Crippen LogP contribution in [0.25, 0.3) is 0 Å². The molecule has 0 spiro atoms. The van der Waals surface area contributed by atoms with Crippen LogP contribution in [0.3, 0.4) is 0 Å². The summed E-state index contributed by atoms with van der Waals surface area (Å²) in [5.74, 6) is 2.33. The van der Waals surface area contributed by atoms with Crippen LogP contribution in [0, 0.1) is 5.21 Å². The number of benzene rings is 1. The van der Waals surface area contributed by atoms with E-state index in [1.807, 2.05) is 35.6 Å². The minimum Gasteiger partial charge on any atom is -0.626 e. The molecule has 3 atom stereocenters. The number of quaternary nitrogens is 1. The summed E-state index contributed by atoms with van der Waals surface area (Å²) in [4.78, 5) is 0. The third-order valence-electron chi connectivity index (χ3n) is 6.20. The summed E-state index contributed by atoms with van der Waals surface area (Å²) in [6, 6.07) is 7.61. The fourth-order valence-corrected chi connectivity index (χ4v) is 5.54. The normalized spacial score (nSPS) is 22.9. The molecule has 1 aromatic rings. The average Bonchev–Trinajstić information content (AvgIpc) is 3.13. The zero-order valence-electron chi connectivity index (χ0n) is 20.3. The Kier molecular flexibility index (Phi) is 10.5. The molecule has 0 saturated heterocycles. The smallest absolute Gasteiger partial charge is 0.268 e. The maximum atomic E-state index is 13.1. The van der Waals surface area contributed by atoms with Crippen molar-refractivity contribution in [2.75, 3.05) is 33.9 Å². The van der Waals surface area contributed by atoms with Crippen molar-refractivity contribution in [3.8, 4) is 11.5 Å². The standard InChI is InChI=1S/C24H40N4O4S/c1-4-5-6-9-12-23-25-22-19-26(2)33(30)27(24(22)28(23)29)17-10-7-8-11-18-32-21-15-13-20(31-3)14-16-21/h13-16,23,25,28H,4-12,17-19H2,1-3H3. The summed E-state index contributed by atoms with van der Waals surface area (Å²) in [5.41, 5.74) is 0.940. The van der Waals surface area contributed by atoms with Crippen LogP contribution in [-0.2, 0) is 11.5 Å². The second kappa shape index (κ2) is 13.3. The minimum absolute atomic E-state index is 0.121. The maximum Gasteiger partial charge on any atom is 0.268 e. The third kappa shape index (κ3) is 7.16. The van der Waals surface area contributed by atoms with Crippen LogP contribution in [0.15, 0.2) is 35.8 Å². The molecule has 0 fully saturated rings. The van der Waals surface area contributed by atoms with Gasteiger partial charge in [0.2, 0.25) is 0 Å². The van der Waals surface area contributed by atoms with Gasteiger partial charge >= 0.3 is 0 Å². The molecule has 186 valence electrons. The van der Waals surface area contributed by atoms with Crippen LogP contribution in [0.4, 0.5) is 0 Å². The molecule has 2 aliphatic rings. The number of ether oxygens (including phenoxy) is 2. The minimum atomic E-state index is -1.30. The number of methoxy groups -OCH3 is 1. The van der Waals surface area contributed by atoms with Crippen molar-refractivity contribution in [3.63, 3.8) is 0 Å². The average molecular weight is 481 g/mol. The van der Waals surface area contributed by atoms with Crippen molar-refractivity contribution in [1.29, 1.82) is 0 Å². The Morgan fingerprint density at radius 1 is 1.06 bits per heavy atom. The highest BCUT2D eigenvalue weighted by Crippen LogP contribution is 2.24. The number of unbranched alkanes of at least 4 members (excludes halogenated alkanes) is 6. The number of nitrogens with one attached hydrogen (secondary N) is 2. The Balaban J connectivity index is 1.39. The molecule has 33 heavy (non-hydrogen) atoms. The number of hydrogen-bond donors (Lipinski definition) is 2. The van der Waals surface area contributed by atoms with Crippen LogP contribution in [0.2, 0.25) is 0 Å². The van der Waals surface area contributed by atoms with Crippen LogP contribution in [-0.4, -0.2) is 53.2 Å². The van der Waals surface area contributed by atoms with Gasteiger partial charge in [-0.15, -0.1) is 8.61 Å². The van der Waals surface area contributed by atoms with E-state index in [1.54, 1.807) is 11.4 Å². The highest BCUT2D eigenvalue weighted by atomic mass is 32.2. The number of rotatable bonds is 14. The van der Waals surface area contributed by atoms with Gasteiger partial charge in [0.25, 0.3) is 5.82 Å². The van der Waals surface area contributed by atoms with E-state index in [-0.39, 0.29) is 11.2 Å². The molecule has 0 saturated carbocycles. The summed E-state index contributed by atoms with van der Waals surface area (Å²) < 4.78 is 27.5. The fraction of sp³-hybridized carbons (Fsp3) is 0.667. The van der Waals surface area contributed by atoms with Gasteiger partial charge in [0, 0.05) is 13.5 Å². The van der Waals surface area contributed by atoms with Crippen molar-refractivity contribution in [2.24, 2.45) is 0 Å². The first kappa shape index (κ1) is 26.0. The van der Waals surface area contributed by atoms with Crippen LogP contribution in [0.5, 0.6) is 11.5 Å². The lowest BCUT2D eigenvalue weighted by molar-refractivity contribution is -0.839. The van der Waals surface area contributed by atoms with Crippen LogP contribution in [0.1, 0.15) is 64.7 Å². The fourth-order valence-electron chi connectivity index (χ4n) is 4.32. The van der Waals surface area contributed by atoms with Gasteiger partial charge in [0.05, 0.1) is 26.8 Å². The zero-order chi connectivity index (χ0) is 23.6. The summed E-state index contributed by atoms with van der Waals surface area (Å²) in [6.45, 7) is 4.03. The van der Waals surface area contributed by atoms with Gasteiger partial charge in [0.1, 0.15) is 17.2 Å². The Bertz CT molecular complexity index is 748. The lowest BCUT2D eigenvalue weighted by Gasteiger charge is -2.36. The lowest BCUT2D eigenvalue weighted by atomic mass is 10.1. The predicted molar refractivity (Wildman–Crippen MR) is 131 cm³/mol. The first-order chi connectivity index (χ1) is 16.0. The topological polar surface area (TPSA) is 87.5 Å². The monoisotopic (exact) mass is 480 g/mol. The Hall–Kier alpha value is -1.65. The quantitative estimate of drug-likeness (QED) is 0.240. The Morgan fingerprint density at radius 2 is 1.76 bits per heavy atom. The number of hydroxylamine groups is 2. The van der Waals surface area contributed by atoms with Crippen molar-refractivity contribution in [1.82, 2.24) is 13.9 Å². The van der Waals surface area contributed by atoms with Gasteiger partial charge in [-0.1, -0.05) is 32.6 Å². The summed E-state index contributed by atoms with van der Waals surface area (Å²) in [7, 11) is 3.50. The Morgan fingerprint density at radius 3 is 2.48 bits per heavy atom. The highest BCUT2D eigenvalue weighted by molar-refractivity contribution is 7.86. The third-order valence-corrected chi connectivity index (χ3v) is 7.60. The van der Waals surface area contributed by atoms with E-state index in [4.69, 9.17) is 9.47 Å². The van der Waals surface area contributed by atoms with Gasteiger partial charge in [-0.3, -0.25) is 0 Å². The summed E-state index contributed by atoms with van der Waals surface area (Å²) in [5, 5.41) is 16.6. The number of likely N-dealkylation sites (N-methyl/N-ethyl adjacent to an activating group) is 1. The highest BCUT2D eigenvalue weighted by Gasteiger charge is 2.46. The first-order valence-electron chi connectivity index (χ1n) is 12.3. The van der Waals surface area contributed by atoms with E-state index in [0.717, 1.165) is 62.1 Å². The molecule has 2 heterocycles. The molecule has 1 aromatic carbocycles. The second-order valence-corrected chi connectivity index (χ2v) is 10.3. The van der Waals surface area contributed by atoms with E-state index in [1.165, 1.54) is 12.8 Å². The molecule has 0 bridgehead atoms. The molecular weight excluding hydrogens is 440 g/mol. The van der Waals surface area contributed by atoms with E-state index >= 15 is 0 Å². The molecule has 9 heteroatoms. The second-order valence-electron chi connectivity index (χ2n) is 8.79. The van der Waals surface area contributed by atoms with Crippen molar-refractivity contribution in [3.05, 3.63) is 41.0 Å². The van der Waals surface area contributed by atoms with Crippen molar-refractivity contribution < 1.29 is 19.1 Å². The van der Waals surface area contributed by atoms with Crippen molar-refractivity contribution in [2.45, 2.75) is 70.9 Å². The summed E-state index contributed by atoms with van der Waals surface area (Å²) in [6.07, 6.45) is 9.19. The van der Waals surface area contributed by atoms with Gasteiger partial charge in [0.15, 0.2) is 17.7 Å². The van der Waals surface area contributed by atoms with E-state index in [2.05, 4.69) is 12.2 Å². The van der Waals surface area contributed by atoms with Gasteiger partial charge in [-0.25, -0.2) is 0 Å². The maximum absolute atomic E-state index is 13.1. The SMILES string of the molecule is CCCCCCC1NC2=C(N(CCCCCCOc3ccc(OC)cc3)[S+]([O-])N(C)C2)[NH+]1[O-]. The number of nitrogens with zero attached hydrogens (tertiary/aromatic N) is 2. The van der Waals surface area contributed by atoms with Gasteiger partial charge < -0.3 is 29.6 Å². The largest absolute Gasteiger partial charge is 0.626 e. The molecule has 0 aromatic heterocycles. The van der Waals surface area contributed by atoms with Crippen molar-refractivity contribution >= 4 is 11.5 Å². The van der Waals surface area contributed by atoms with Gasteiger partial charge in [-0.2, -0.15) is 0 Å². The molecule has 3 unspecified atom stereocenters. The molecule has 3 rings (SSSR count). The molecule has 0 amide bonds. The molecular formula is C24H40N4O4S. The molecule has 0 radical (unpaired) electrons. The van der Waals surface area contributed by atoms with E-state index in [0.29, 0.717) is 25.5 Å². The van der Waals surface area contributed by atoms with E-state index in [9.17, 15) is 9.76 Å². The zero-order valence-corrected chi connectivity index (χ0v) is 21.1. The van der Waals surface area contributed by atoms with Crippen LogP contribution < -0.4 is 19.9 Å². The molecule has 2 aliphatic heterocycles. The van der Waals surface area contributed by atoms with E-state index < -0.39 is 11.5 Å². The van der Waals surface area contributed by atoms with Crippen LogP contribution >= 0.6 is 0 Å². The Labute approximate surface area is 201 Å². The lowest BCUT2D eigenvalue weighted by Crippen LogP contribution is -3.10. The molecule has 2 N–H and O–H groups in total. The predicted octanol–water partition coefficient (Wildman–Crippen LogP) is 2.91. The number of hydrogen-bond acceptors (Lipinski definition) is 7. The first-order valence-corrected chi connectivity index (χ1v) is 13.3. The summed E-state index contributed by atoms with van der Waals surface area (Å²) >= 11 is -1.30. The molecule has 0 aliphatic carbocycles.